The number of alkyl halides is 6. The van der Waals surface area contributed by atoms with E-state index in [1.54, 1.807) is 0 Å². The van der Waals surface area contributed by atoms with Gasteiger partial charge in [-0.05, 0) is 0 Å². The molecule has 0 aromatic heterocycles. The summed E-state index contributed by atoms with van der Waals surface area (Å²) in [6.45, 7) is 0. The van der Waals surface area contributed by atoms with Gasteiger partial charge in [-0.25, -0.2) is 16.8 Å². The average molecular weight is 312 g/mol. The summed E-state index contributed by atoms with van der Waals surface area (Å²) in [5.74, 6) is 0. The Morgan fingerprint density at radius 2 is 1.06 bits per heavy atom. The van der Waals surface area contributed by atoms with E-state index in [0.717, 1.165) is 0 Å². The monoisotopic (exact) mass is 312 g/mol. The number of sulfone groups is 2. The van der Waals surface area contributed by atoms with Crippen LogP contribution in [0.1, 0.15) is 0 Å². The first kappa shape index (κ1) is 19.9. The Hall–Kier alpha value is -0.433. The number of nitrogens with zero attached hydrogens (tertiary/aromatic N) is 1. The minimum absolute atomic E-state index is 0. The molecule has 0 aliphatic heterocycles. The van der Waals surface area contributed by atoms with Crippen molar-refractivity contribution in [2.45, 2.75) is 15.6 Å². The summed E-state index contributed by atoms with van der Waals surface area (Å²) in [4.78, 5) is 0. The molecule has 0 spiro atoms. The van der Waals surface area contributed by atoms with Crippen molar-refractivity contribution in [3.05, 3.63) is 0 Å². The summed E-state index contributed by atoms with van der Waals surface area (Å²) in [6, 6.07) is -0.0202. The van der Waals surface area contributed by atoms with Gasteiger partial charge in [-0.2, -0.15) is 31.6 Å². The third kappa shape index (κ3) is 3.32. The van der Waals surface area contributed by atoms with E-state index < -0.39 is 35.3 Å². The molecule has 0 aromatic rings. The summed E-state index contributed by atoms with van der Waals surface area (Å²) in [5, 5.41) is 7.92. The summed E-state index contributed by atoms with van der Waals surface area (Å²) in [5.41, 5.74) is -12.6. The van der Waals surface area contributed by atoms with Crippen molar-refractivity contribution in [2.75, 3.05) is 0 Å². The van der Waals surface area contributed by atoms with Crippen LogP contribution in [0.15, 0.2) is 0 Å². The molecule has 0 atom stereocenters. The summed E-state index contributed by atoms with van der Waals surface area (Å²) in [7, 11) is -13.6. The van der Waals surface area contributed by atoms with Crippen LogP contribution in [0.5, 0.6) is 0 Å². The largest absolute Gasteiger partial charge is 0.499 e. The number of nitriles is 1. The molecule has 0 N–H and O–H groups in total. The molecule has 0 saturated heterocycles. The molecule has 18 heavy (non-hydrogen) atoms. The molecule has 0 aliphatic carbocycles. The van der Waals surface area contributed by atoms with Gasteiger partial charge in [-0.1, -0.05) is 0 Å². The second-order valence-corrected chi connectivity index (χ2v) is 6.79. The third-order valence-electron chi connectivity index (χ3n) is 1.31. The van der Waals surface area contributed by atoms with Gasteiger partial charge in [0.15, 0.2) is 0 Å². The van der Waals surface area contributed by atoms with Gasteiger partial charge < -0.3 is 0 Å². The van der Waals surface area contributed by atoms with Crippen LogP contribution < -0.4 is 0 Å². The van der Waals surface area contributed by atoms with Crippen molar-refractivity contribution in [3.63, 3.8) is 0 Å². The van der Waals surface area contributed by atoms with Crippen LogP contribution in [-0.4, -0.2) is 51.3 Å². The third-order valence-corrected chi connectivity index (χ3v) is 5.46. The van der Waals surface area contributed by atoms with E-state index in [2.05, 4.69) is 0 Å². The molecule has 101 valence electrons. The zero-order valence-corrected chi connectivity index (χ0v) is 9.87. The molecule has 5 nitrogen and oxygen atoms in total. The first-order valence-electron chi connectivity index (χ1n) is 3.19. The molecular formula is C4HF6LiNO4S2. The van der Waals surface area contributed by atoms with Gasteiger partial charge >= 0.3 is 11.0 Å². The minimum Gasteiger partial charge on any atom is -0.217 e. The Labute approximate surface area is 109 Å². The number of rotatable bonds is 2. The second kappa shape index (κ2) is 5.28. The molecule has 0 aliphatic rings. The van der Waals surface area contributed by atoms with Crippen LogP contribution in [0.4, 0.5) is 26.3 Å². The summed E-state index contributed by atoms with van der Waals surface area (Å²) in [6.07, 6.45) is 0. The predicted molar refractivity (Wildman–Crippen MR) is 45.1 cm³/mol. The molecule has 0 saturated carbocycles. The molecule has 0 heterocycles. The van der Waals surface area contributed by atoms with Crippen LogP contribution >= 0.6 is 0 Å². The normalized spacial score (nSPS) is 13.9. The second-order valence-electron chi connectivity index (χ2n) is 2.44. The van der Waals surface area contributed by atoms with Gasteiger partial charge in [0.25, 0.3) is 24.3 Å². The van der Waals surface area contributed by atoms with E-state index in [9.17, 15) is 43.2 Å². The van der Waals surface area contributed by atoms with Gasteiger partial charge in [-0.15, -0.1) is 0 Å². The maximum Gasteiger partial charge on any atom is 0.499 e. The molecule has 0 aromatic carbocycles. The van der Waals surface area contributed by atoms with E-state index in [1.165, 1.54) is 0 Å². The van der Waals surface area contributed by atoms with Gasteiger partial charge in [-0.3, -0.25) is 0 Å². The molecular weight excluding hydrogens is 311 g/mol. The predicted octanol–water partition coefficient (Wildman–Crippen LogP) is 0.324. The van der Waals surface area contributed by atoms with E-state index in [4.69, 9.17) is 5.26 Å². The Bertz CT molecular complexity index is 496. The Morgan fingerprint density at radius 3 is 1.17 bits per heavy atom. The van der Waals surface area contributed by atoms with Crippen LogP contribution in [0.3, 0.4) is 0 Å². The van der Waals surface area contributed by atoms with Gasteiger partial charge in [0.1, 0.15) is 0 Å². The van der Waals surface area contributed by atoms with Crippen molar-refractivity contribution in [2.24, 2.45) is 0 Å². The van der Waals surface area contributed by atoms with Gasteiger partial charge in [0, 0.05) is 18.9 Å². The Balaban J connectivity index is 0. The molecule has 0 rings (SSSR count). The number of halogens is 6. The first-order valence-corrected chi connectivity index (χ1v) is 6.29. The first-order chi connectivity index (χ1) is 7.19. The standard InChI is InChI=1S/C4HF6NO4S2.Li/c5-3(6,7)16(12,13)2(1-11)17(14,15)4(8,9)10;/h2H;. The zero-order chi connectivity index (χ0) is 14.3. The van der Waals surface area contributed by atoms with Crippen molar-refractivity contribution in [3.8, 4) is 6.07 Å². The van der Waals surface area contributed by atoms with Crippen molar-refractivity contribution in [1.82, 2.24) is 0 Å². The number of hydrogen-bond acceptors (Lipinski definition) is 5. The quantitative estimate of drug-likeness (QED) is 0.541. The fraction of sp³-hybridized carbons (Fsp3) is 0.750. The van der Waals surface area contributed by atoms with E-state index in [1.807, 2.05) is 0 Å². The SMILES string of the molecule is N#CC(S(=O)(=O)C(F)(F)F)S(=O)(=O)C(F)(F)F.[Li]. The molecule has 0 fully saturated rings. The van der Waals surface area contributed by atoms with Crippen molar-refractivity contribution < 1.29 is 43.2 Å². The molecule has 0 amide bonds. The zero-order valence-electron chi connectivity index (χ0n) is 8.24. The van der Waals surface area contributed by atoms with Crippen LogP contribution in [-0.2, 0) is 19.7 Å². The Kier molecular flexibility index (Phi) is 5.84. The average Bonchev–Trinajstić information content (AvgIpc) is 1.99. The van der Waals surface area contributed by atoms with E-state index in [-0.39, 0.29) is 24.9 Å². The Morgan fingerprint density at radius 1 is 0.833 bits per heavy atom. The maximum absolute atomic E-state index is 11.8. The van der Waals surface area contributed by atoms with Crippen LogP contribution in [0, 0.1) is 11.3 Å². The van der Waals surface area contributed by atoms with Gasteiger partial charge in [0.2, 0.25) is 0 Å². The van der Waals surface area contributed by atoms with Crippen molar-refractivity contribution in [1.29, 1.82) is 5.26 Å². The van der Waals surface area contributed by atoms with Gasteiger partial charge in [0.05, 0.1) is 6.07 Å². The summed E-state index contributed by atoms with van der Waals surface area (Å²) >= 11 is 0. The fourth-order valence-corrected chi connectivity index (χ4v) is 3.30. The topological polar surface area (TPSA) is 92.1 Å². The minimum atomic E-state index is -6.80. The fourth-order valence-electron chi connectivity index (χ4n) is 0.548. The summed E-state index contributed by atoms with van der Waals surface area (Å²) < 4.78 is 108. The van der Waals surface area contributed by atoms with Crippen LogP contribution in [0.25, 0.3) is 0 Å². The maximum atomic E-state index is 11.8. The van der Waals surface area contributed by atoms with Crippen LogP contribution in [0.2, 0.25) is 0 Å². The molecule has 1 radical (unpaired) electrons. The number of hydrogen-bond donors (Lipinski definition) is 0. The van der Waals surface area contributed by atoms with Crippen molar-refractivity contribution >= 4 is 38.5 Å². The molecule has 0 bridgehead atoms. The molecule has 0 unspecified atom stereocenters. The smallest absolute Gasteiger partial charge is 0.217 e. The van der Waals surface area contributed by atoms with E-state index in [0.29, 0.717) is 0 Å². The molecule has 14 heteroatoms. The van der Waals surface area contributed by atoms with E-state index >= 15 is 0 Å².